The van der Waals surface area contributed by atoms with Gasteiger partial charge in [-0.1, -0.05) is 17.7 Å². The summed E-state index contributed by atoms with van der Waals surface area (Å²) >= 11 is 11.7. The van der Waals surface area contributed by atoms with Crippen molar-refractivity contribution < 1.29 is 9.53 Å². The van der Waals surface area contributed by atoms with Crippen LogP contribution in [0.25, 0.3) is 0 Å². The summed E-state index contributed by atoms with van der Waals surface area (Å²) in [6, 6.07) is 3.67. The zero-order valence-electron chi connectivity index (χ0n) is 8.64. The highest BCUT2D eigenvalue weighted by Crippen LogP contribution is 2.23. The summed E-state index contributed by atoms with van der Waals surface area (Å²) in [5.41, 5.74) is 2.68. The number of alkyl halides is 1. The lowest BCUT2D eigenvalue weighted by atomic mass is 10.0. The van der Waals surface area contributed by atoms with Gasteiger partial charge in [-0.15, -0.1) is 11.6 Å². The van der Waals surface area contributed by atoms with E-state index in [1.165, 1.54) is 7.11 Å². The van der Waals surface area contributed by atoms with Crippen LogP contribution in [0.15, 0.2) is 12.1 Å². The second-order valence-electron chi connectivity index (χ2n) is 3.26. The molecule has 15 heavy (non-hydrogen) atoms. The molecule has 1 aromatic carbocycles. The van der Waals surface area contributed by atoms with Gasteiger partial charge in [0.1, 0.15) is 0 Å². The number of esters is 1. The second kappa shape index (κ2) is 5.38. The summed E-state index contributed by atoms with van der Waals surface area (Å²) < 4.78 is 4.61. The van der Waals surface area contributed by atoms with Gasteiger partial charge in [-0.3, -0.25) is 4.79 Å². The van der Waals surface area contributed by atoms with E-state index in [4.69, 9.17) is 23.2 Å². The Morgan fingerprint density at radius 1 is 1.40 bits per heavy atom. The Kier molecular flexibility index (Phi) is 4.43. The fraction of sp³-hybridized carbons (Fsp3) is 0.364. The smallest absolute Gasteiger partial charge is 0.309 e. The Bertz CT molecular complexity index is 375. The van der Waals surface area contributed by atoms with Crippen LogP contribution < -0.4 is 0 Å². The van der Waals surface area contributed by atoms with Gasteiger partial charge in [0.05, 0.1) is 13.5 Å². The highest BCUT2D eigenvalue weighted by atomic mass is 35.5. The van der Waals surface area contributed by atoms with Gasteiger partial charge in [0, 0.05) is 10.9 Å². The molecule has 1 rings (SSSR count). The van der Waals surface area contributed by atoms with Crippen LogP contribution in [0.4, 0.5) is 0 Å². The van der Waals surface area contributed by atoms with E-state index in [1.807, 2.05) is 13.0 Å². The Morgan fingerprint density at radius 3 is 2.60 bits per heavy atom. The van der Waals surface area contributed by atoms with E-state index in [0.29, 0.717) is 10.9 Å². The molecule has 0 N–H and O–H groups in total. The molecule has 0 aliphatic carbocycles. The zero-order valence-corrected chi connectivity index (χ0v) is 10.2. The Hall–Kier alpha value is -0.730. The molecule has 82 valence electrons. The molecular weight excluding hydrogens is 235 g/mol. The zero-order chi connectivity index (χ0) is 11.4. The molecule has 0 aromatic heterocycles. The minimum Gasteiger partial charge on any atom is -0.469 e. The molecule has 0 spiro atoms. The minimum atomic E-state index is -0.275. The predicted molar refractivity (Wildman–Crippen MR) is 61.5 cm³/mol. The lowest BCUT2D eigenvalue weighted by Crippen LogP contribution is -2.06. The first-order chi connectivity index (χ1) is 7.08. The molecule has 0 saturated carbocycles. The van der Waals surface area contributed by atoms with Crippen molar-refractivity contribution in [3.8, 4) is 0 Å². The second-order valence-corrected chi connectivity index (χ2v) is 3.93. The fourth-order valence-electron chi connectivity index (χ4n) is 1.30. The molecule has 0 aliphatic rings. The molecule has 0 heterocycles. The first-order valence-corrected chi connectivity index (χ1v) is 5.40. The van der Waals surface area contributed by atoms with Crippen LogP contribution in [0.2, 0.25) is 5.02 Å². The van der Waals surface area contributed by atoms with Crippen LogP contribution in [-0.2, 0) is 21.8 Å². The van der Waals surface area contributed by atoms with Crippen LogP contribution in [0.5, 0.6) is 0 Å². The molecular formula is C11H12Cl2O2. The summed E-state index contributed by atoms with van der Waals surface area (Å²) in [5.74, 6) is 0.0647. The van der Waals surface area contributed by atoms with Crippen LogP contribution >= 0.6 is 23.2 Å². The number of hydrogen-bond acceptors (Lipinski definition) is 2. The molecule has 0 bridgehead atoms. The van der Waals surface area contributed by atoms with Crippen LogP contribution in [0.3, 0.4) is 0 Å². The van der Waals surface area contributed by atoms with Crippen molar-refractivity contribution in [1.82, 2.24) is 0 Å². The molecule has 0 amide bonds. The standard InChI is InChI=1S/C11H12Cl2O2/c1-7-3-8(5-11(14)15-2)9(6-12)4-10(7)13/h3-4H,5-6H2,1-2H3. The normalized spacial score (nSPS) is 10.1. The van der Waals surface area contributed by atoms with E-state index < -0.39 is 0 Å². The Morgan fingerprint density at radius 2 is 2.07 bits per heavy atom. The van der Waals surface area contributed by atoms with Gasteiger partial charge in [0.25, 0.3) is 0 Å². The van der Waals surface area contributed by atoms with Crippen LogP contribution in [0.1, 0.15) is 16.7 Å². The van der Waals surface area contributed by atoms with E-state index in [-0.39, 0.29) is 12.4 Å². The Balaban J connectivity index is 3.05. The molecule has 0 saturated heterocycles. The van der Waals surface area contributed by atoms with Gasteiger partial charge >= 0.3 is 5.97 Å². The number of ether oxygens (including phenoxy) is 1. The van der Waals surface area contributed by atoms with Gasteiger partial charge in [0.2, 0.25) is 0 Å². The van der Waals surface area contributed by atoms with E-state index in [0.717, 1.165) is 16.7 Å². The Labute approximate surface area is 99.1 Å². The molecule has 0 fully saturated rings. The van der Waals surface area contributed by atoms with Crippen molar-refractivity contribution in [2.24, 2.45) is 0 Å². The molecule has 0 unspecified atom stereocenters. The largest absolute Gasteiger partial charge is 0.469 e. The number of methoxy groups -OCH3 is 1. The van der Waals surface area contributed by atoms with Crippen molar-refractivity contribution in [1.29, 1.82) is 0 Å². The summed E-state index contributed by atoms with van der Waals surface area (Å²) in [4.78, 5) is 11.1. The van der Waals surface area contributed by atoms with Crippen LogP contribution in [0, 0.1) is 6.92 Å². The number of benzene rings is 1. The van der Waals surface area contributed by atoms with Gasteiger partial charge in [-0.2, -0.15) is 0 Å². The number of carbonyl (C=O) groups excluding carboxylic acids is 1. The third-order valence-electron chi connectivity index (χ3n) is 2.19. The summed E-state index contributed by atoms with van der Waals surface area (Å²) in [5, 5.41) is 0.666. The topological polar surface area (TPSA) is 26.3 Å². The van der Waals surface area contributed by atoms with Crippen molar-refractivity contribution >= 4 is 29.2 Å². The molecule has 0 radical (unpaired) electrons. The predicted octanol–water partition coefficient (Wildman–Crippen LogP) is 3.10. The molecule has 2 nitrogen and oxygen atoms in total. The van der Waals surface area contributed by atoms with Crippen LogP contribution in [-0.4, -0.2) is 13.1 Å². The number of hydrogen-bond donors (Lipinski definition) is 0. The van der Waals surface area contributed by atoms with E-state index in [2.05, 4.69) is 4.74 Å². The maximum absolute atomic E-state index is 11.1. The summed E-state index contributed by atoms with van der Waals surface area (Å²) in [7, 11) is 1.37. The lowest BCUT2D eigenvalue weighted by Gasteiger charge is -2.08. The number of halogens is 2. The van der Waals surface area contributed by atoms with E-state index in [1.54, 1.807) is 6.07 Å². The number of aryl methyl sites for hydroxylation is 1. The quantitative estimate of drug-likeness (QED) is 0.606. The highest BCUT2D eigenvalue weighted by molar-refractivity contribution is 6.31. The summed E-state index contributed by atoms with van der Waals surface area (Å²) in [6.07, 6.45) is 0.233. The van der Waals surface area contributed by atoms with Crippen molar-refractivity contribution in [3.63, 3.8) is 0 Å². The first-order valence-electron chi connectivity index (χ1n) is 4.49. The minimum absolute atomic E-state index is 0.233. The van der Waals surface area contributed by atoms with E-state index in [9.17, 15) is 4.79 Å². The molecule has 4 heteroatoms. The van der Waals surface area contributed by atoms with Gasteiger partial charge in [-0.05, 0) is 29.7 Å². The average Bonchev–Trinajstić information content (AvgIpc) is 2.22. The van der Waals surface area contributed by atoms with E-state index >= 15 is 0 Å². The third kappa shape index (κ3) is 3.11. The number of rotatable bonds is 3. The maximum atomic E-state index is 11.1. The van der Waals surface area contributed by atoms with Crippen molar-refractivity contribution in [2.45, 2.75) is 19.2 Å². The molecule has 0 aliphatic heterocycles. The van der Waals surface area contributed by atoms with Gasteiger partial charge < -0.3 is 4.74 Å². The average molecular weight is 247 g/mol. The maximum Gasteiger partial charge on any atom is 0.309 e. The molecule has 1 aromatic rings. The molecule has 0 atom stereocenters. The van der Waals surface area contributed by atoms with Crippen molar-refractivity contribution in [3.05, 3.63) is 33.8 Å². The monoisotopic (exact) mass is 246 g/mol. The number of carbonyl (C=O) groups is 1. The highest BCUT2D eigenvalue weighted by Gasteiger charge is 2.10. The van der Waals surface area contributed by atoms with Gasteiger partial charge in [0.15, 0.2) is 0 Å². The third-order valence-corrected chi connectivity index (χ3v) is 2.88. The van der Waals surface area contributed by atoms with Gasteiger partial charge in [-0.25, -0.2) is 0 Å². The summed E-state index contributed by atoms with van der Waals surface area (Å²) in [6.45, 7) is 1.89. The SMILES string of the molecule is COC(=O)Cc1cc(C)c(Cl)cc1CCl. The first kappa shape index (κ1) is 12.3. The lowest BCUT2D eigenvalue weighted by molar-refractivity contribution is -0.139. The fourth-order valence-corrected chi connectivity index (χ4v) is 1.73. The van der Waals surface area contributed by atoms with Crippen molar-refractivity contribution in [2.75, 3.05) is 7.11 Å².